The van der Waals surface area contributed by atoms with Crippen molar-refractivity contribution >= 4 is 27.3 Å². The fourth-order valence-corrected chi connectivity index (χ4v) is 2.35. The van der Waals surface area contributed by atoms with Gasteiger partial charge in [0.25, 0.3) is 0 Å². The van der Waals surface area contributed by atoms with Crippen molar-refractivity contribution in [3.05, 3.63) is 58.1 Å². The summed E-state index contributed by atoms with van der Waals surface area (Å²) >= 11 is 3.39. The lowest BCUT2D eigenvalue weighted by molar-refractivity contribution is 1.13. The second kappa shape index (κ2) is 5.90. The molecule has 0 fully saturated rings. The molecular weight excluding hydrogens is 300 g/mol. The van der Waals surface area contributed by atoms with E-state index in [1.165, 1.54) is 5.56 Å². The molecule has 2 nitrogen and oxygen atoms in total. The Morgan fingerprint density at radius 3 is 2.42 bits per heavy atom. The number of hydrogen-bond acceptors (Lipinski definition) is 2. The van der Waals surface area contributed by atoms with Crippen molar-refractivity contribution in [1.29, 1.82) is 5.26 Å². The van der Waals surface area contributed by atoms with Gasteiger partial charge < -0.3 is 4.90 Å². The van der Waals surface area contributed by atoms with Crippen molar-refractivity contribution < 1.29 is 0 Å². The van der Waals surface area contributed by atoms with Gasteiger partial charge in [0.2, 0.25) is 0 Å². The third kappa shape index (κ3) is 2.97. The van der Waals surface area contributed by atoms with Crippen molar-refractivity contribution in [3.63, 3.8) is 0 Å². The number of nitrogens with zero attached hydrogens (tertiary/aromatic N) is 2. The molecule has 96 valence electrons. The van der Waals surface area contributed by atoms with E-state index in [9.17, 15) is 5.26 Å². The molecule has 2 aromatic rings. The van der Waals surface area contributed by atoms with E-state index in [2.05, 4.69) is 53.2 Å². The van der Waals surface area contributed by atoms with Crippen molar-refractivity contribution in [3.8, 4) is 6.07 Å². The summed E-state index contributed by atoms with van der Waals surface area (Å²) < 4.78 is 0.919. The van der Waals surface area contributed by atoms with Gasteiger partial charge >= 0.3 is 0 Å². The van der Waals surface area contributed by atoms with Crippen molar-refractivity contribution in [2.45, 2.75) is 13.3 Å². The number of benzene rings is 2. The molecule has 0 aromatic heterocycles. The van der Waals surface area contributed by atoms with E-state index in [4.69, 9.17) is 0 Å². The molecule has 0 heterocycles. The number of hydrogen-bond donors (Lipinski definition) is 0. The summed E-state index contributed by atoms with van der Waals surface area (Å²) in [4.78, 5) is 2.03. The maximum absolute atomic E-state index is 9.22. The van der Waals surface area contributed by atoms with Crippen LogP contribution in [-0.4, -0.2) is 7.05 Å². The summed E-state index contributed by atoms with van der Waals surface area (Å²) in [6, 6.07) is 16.4. The SMILES string of the molecule is CCc1ccc(N(C)c2ccc(Br)cc2C#N)cc1. The summed E-state index contributed by atoms with van der Waals surface area (Å²) in [7, 11) is 1.98. The highest BCUT2D eigenvalue weighted by molar-refractivity contribution is 9.10. The van der Waals surface area contributed by atoms with Crippen molar-refractivity contribution in [2.24, 2.45) is 0 Å². The smallest absolute Gasteiger partial charge is 0.101 e. The van der Waals surface area contributed by atoms with Gasteiger partial charge in [-0.2, -0.15) is 5.26 Å². The minimum atomic E-state index is 0.663. The molecule has 0 aliphatic carbocycles. The van der Waals surface area contributed by atoms with Crippen LogP contribution >= 0.6 is 15.9 Å². The maximum Gasteiger partial charge on any atom is 0.101 e. The topological polar surface area (TPSA) is 27.0 Å². The lowest BCUT2D eigenvalue weighted by Gasteiger charge is -2.21. The maximum atomic E-state index is 9.22. The molecule has 0 unspecified atom stereocenters. The predicted molar refractivity (Wildman–Crippen MR) is 82.7 cm³/mol. The van der Waals surface area contributed by atoms with Crippen LogP contribution in [0, 0.1) is 11.3 Å². The third-order valence-corrected chi connectivity index (χ3v) is 3.67. The van der Waals surface area contributed by atoms with Gasteiger partial charge in [0.1, 0.15) is 6.07 Å². The zero-order valence-corrected chi connectivity index (χ0v) is 12.6. The molecule has 0 bridgehead atoms. The highest BCUT2D eigenvalue weighted by atomic mass is 79.9. The Kier molecular flexibility index (Phi) is 4.24. The van der Waals surface area contributed by atoms with Gasteiger partial charge in [0.05, 0.1) is 11.3 Å². The van der Waals surface area contributed by atoms with Gasteiger partial charge in [-0.25, -0.2) is 0 Å². The third-order valence-electron chi connectivity index (χ3n) is 3.17. The Hall–Kier alpha value is -1.79. The van der Waals surface area contributed by atoms with Crippen molar-refractivity contribution in [1.82, 2.24) is 0 Å². The first-order chi connectivity index (χ1) is 9.15. The molecule has 19 heavy (non-hydrogen) atoms. The van der Waals surface area contributed by atoms with E-state index in [0.717, 1.165) is 22.3 Å². The molecule has 0 radical (unpaired) electrons. The summed E-state index contributed by atoms with van der Waals surface area (Å²) in [6.45, 7) is 2.14. The van der Waals surface area contributed by atoms with E-state index in [0.29, 0.717) is 5.56 Å². The van der Waals surface area contributed by atoms with E-state index in [1.807, 2.05) is 30.1 Å². The summed E-state index contributed by atoms with van der Waals surface area (Å²) in [5.41, 5.74) is 3.97. The standard InChI is InChI=1S/C16H15BrN2/c1-3-12-4-7-15(8-5-12)19(2)16-9-6-14(17)10-13(16)11-18/h4-10H,3H2,1-2H3. The Balaban J connectivity index is 2.38. The number of nitriles is 1. The summed E-state index contributed by atoms with van der Waals surface area (Å²) in [5, 5.41) is 9.22. The average Bonchev–Trinajstić information content (AvgIpc) is 2.46. The zero-order chi connectivity index (χ0) is 13.8. The average molecular weight is 315 g/mol. The molecule has 0 saturated heterocycles. The number of aryl methyl sites for hydroxylation is 1. The van der Waals surface area contributed by atoms with Crippen LogP contribution in [0.15, 0.2) is 46.9 Å². The van der Waals surface area contributed by atoms with Gasteiger partial charge in [0.15, 0.2) is 0 Å². The minimum absolute atomic E-state index is 0.663. The molecule has 0 aliphatic rings. The number of anilines is 2. The van der Waals surface area contributed by atoms with Crippen LogP contribution < -0.4 is 4.90 Å². The molecule has 0 aliphatic heterocycles. The van der Waals surface area contributed by atoms with Gasteiger partial charge in [-0.15, -0.1) is 0 Å². The molecule has 2 aromatic carbocycles. The molecule has 3 heteroatoms. The van der Waals surface area contributed by atoms with Gasteiger partial charge in [-0.1, -0.05) is 35.0 Å². The molecule has 0 amide bonds. The van der Waals surface area contributed by atoms with Crippen LogP contribution in [0.2, 0.25) is 0 Å². The van der Waals surface area contributed by atoms with Crippen LogP contribution in [-0.2, 0) is 6.42 Å². The van der Waals surface area contributed by atoms with E-state index >= 15 is 0 Å². The fourth-order valence-electron chi connectivity index (χ4n) is 1.98. The van der Waals surface area contributed by atoms with Crippen LogP contribution in [0.5, 0.6) is 0 Å². The zero-order valence-electron chi connectivity index (χ0n) is 11.0. The quantitative estimate of drug-likeness (QED) is 0.824. The molecular formula is C16H15BrN2. The fraction of sp³-hybridized carbons (Fsp3) is 0.188. The highest BCUT2D eigenvalue weighted by Gasteiger charge is 2.09. The van der Waals surface area contributed by atoms with E-state index < -0.39 is 0 Å². The van der Waals surface area contributed by atoms with E-state index in [-0.39, 0.29) is 0 Å². The Morgan fingerprint density at radius 1 is 1.16 bits per heavy atom. The van der Waals surface area contributed by atoms with Gasteiger partial charge in [0, 0.05) is 17.2 Å². The van der Waals surface area contributed by atoms with Crippen LogP contribution in [0.1, 0.15) is 18.1 Å². The summed E-state index contributed by atoms with van der Waals surface area (Å²) in [6.07, 6.45) is 1.03. The first kappa shape index (κ1) is 13.6. The molecule has 0 saturated carbocycles. The number of rotatable bonds is 3. The first-order valence-corrected chi connectivity index (χ1v) is 6.97. The minimum Gasteiger partial charge on any atom is -0.344 e. The highest BCUT2D eigenvalue weighted by Crippen LogP contribution is 2.29. The lowest BCUT2D eigenvalue weighted by Crippen LogP contribution is -2.11. The number of halogens is 1. The second-order valence-electron chi connectivity index (χ2n) is 4.35. The predicted octanol–water partition coefficient (Wildman–Crippen LogP) is 4.65. The molecule has 2 rings (SSSR count). The largest absolute Gasteiger partial charge is 0.344 e. The Labute approximate surface area is 122 Å². The summed E-state index contributed by atoms with van der Waals surface area (Å²) in [5.74, 6) is 0. The lowest BCUT2D eigenvalue weighted by atomic mass is 10.1. The molecule has 0 spiro atoms. The van der Waals surface area contributed by atoms with Gasteiger partial charge in [-0.3, -0.25) is 0 Å². The van der Waals surface area contributed by atoms with Crippen molar-refractivity contribution in [2.75, 3.05) is 11.9 Å². The van der Waals surface area contributed by atoms with Crippen LogP contribution in [0.25, 0.3) is 0 Å². The van der Waals surface area contributed by atoms with Gasteiger partial charge in [-0.05, 0) is 42.3 Å². The van der Waals surface area contributed by atoms with E-state index in [1.54, 1.807) is 0 Å². The Morgan fingerprint density at radius 2 is 1.84 bits per heavy atom. The molecule has 0 N–H and O–H groups in total. The Bertz CT molecular complexity index is 612. The van der Waals surface area contributed by atoms with Crippen LogP contribution in [0.4, 0.5) is 11.4 Å². The van der Waals surface area contributed by atoms with Crippen LogP contribution in [0.3, 0.4) is 0 Å². The monoisotopic (exact) mass is 314 g/mol. The normalized spacial score (nSPS) is 10.0. The molecule has 0 atom stereocenters. The second-order valence-corrected chi connectivity index (χ2v) is 5.27. The first-order valence-electron chi connectivity index (χ1n) is 6.18.